The second-order valence-corrected chi connectivity index (χ2v) is 4.75. The molecule has 1 fully saturated rings. The molecule has 90 valence electrons. The first-order chi connectivity index (χ1) is 7.17. The van der Waals surface area contributed by atoms with Gasteiger partial charge in [0.15, 0.2) is 0 Å². The third-order valence-corrected chi connectivity index (χ3v) is 3.62. The van der Waals surface area contributed by atoms with Crippen molar-refractivity contribution in [2.24, 2.45) is 11.3 Å². The standard InChI is InChI=1S/C11H22O4/c12-5-3-10(15)9-2-1-4-11(6-9,7-13)8-14/h9-10,12-15H,1-8H2. The zero-order chi connectivity index (χ0) is 11.3. The van der Waals surface area contributed by atoms with E-state index >= 15 is 0 Å². The summed E-state index contributed by atoms with van der Waals surface area (Å²) >= 11 is 0. The molecule has 0 amide bonds. The van der Waals surface area contributed by atoms with Crippen LogP contribution in [0.25, 0.3) is 0 Å². The lowest BCUT2D eigenvalue weighted by Crippen LogP contribution is -2.39. The summed E-state index contributed by atoms with van der Waals surface area (Å²) in [6.45, 7) is -0.0550. The van der Waals surface area contributed by atoms with Crippen molar-refractivity contribution in [1.82, 2.24) is 0 Å². The molecule has 1 saturated carbocycles. The van der Waals surface area contributed by atoms with E-state index in [-0.39, 0.29) is 25.7 Å². The molecule has 15 heavy (non-hydrogen) atoms. The minimum absolute atomic E-state index is 0.0110. The van der Waals surface area contributed by atoms with Crippen molar-refractivity contribution >= 4 is 0 Å². The predicted octanol–water partition coefficient (Wildman–Crippen LogP) is -0.109. The normalized spacial score (nSPS) is 27.6. The number of aliphatic hydroxyl groups is 4. The maximum Gasteiger partial charge on any atom is 0.0590 e. The van der Waals surface area contributed by atoms with Crippen molar-refractivity contribution in [3.63, 3.8) is 0 Å². The molecule has 2 unspecified atom stereocenters. The van der Waals surface area contributed by atoms with Crippen LogP contribution >= 0.6 is 0 Å². The summed E-state index contributed by atoms with van der Waals surface area (Å²) in [4.78, 5) is 0. The smallest absolute Gasteiger partial charge is 0.0590 e. The molecule has 0 radical (unpaired) electrons. The zero-order valence-corrected chi connectivity index (χ0v) is 9.10. The molecular weight excluding hydrogens is 196 g/mol. The Morgan fingerprint density at radius 2 is 1.87 bits per heavy atom. The van der Waals surface area contributed by atoms with E-state index in [1.807, 2.05) is 0 Å². The summed E-state index contributed by atoms with van der Waals surface area (Å²) in [7, 11) is 0. The Labute approximate surface area is 90.6 Å². The molecule has 4 heteroatoms. The lowest BCUT2D eigenvalue weighted by Gasteiger charge is -2.40. The third-order valence-electron chi connectivity index (χ3n) is 3.62. The molecule has 4 N–H and O–H groups in total. The van der Waals surface area contributed by atoms with Crippen molar-refractivity contribution in [3.8, 4) is 0 Å². The first-order valence-corrected chi connectivity index (χ1v) is 5.68. The van der Waals surface area contributed by atoms with Gasteiger partial charge in [0.05, 0.1) is 19.3 Å². The lowest BCUT2D eigenvalue weighted by atomic mass is 9.68. The molecule has 1 aliphatic rings. The summed E-state index contributed by atoms with van der Waals surface area (Å²) in [6.07, 6.45) is 3.20. The molecule has 0 saturated heterocycles. The maximum atomic E-state index is 9.77. The van der Waals surface area contributed by atoms with Crippen LogP contribution in [0.3, 0.4) is 0 Å². The van der Waals surface area contributed by atoms with Crippen LogP contribution in [0.1, 0.15) is 32.1 Å². The molecule has 0 heterocycles. The van der Waals surface area contributed by atoms with Crippen LogP contribution in [0.5, 0.6) is 0 Å². The molecule has 0 aromatic rings. The Bertz CT molecular complexity index is 179. The van der Waals surface area contributed by atoms with Crippen LogP contribution in [-0.4, -0.2) is 46.4 Å². The minimum atomic E-state index is -0.507. The van der Waals surface area contributed by atoms with E-state index in [1.165, 1.54) is 0 Å². The molecule has 0 bridgehead atoms. The molecule has 0 aliphatic heterocycles. The summed E-state index contributed by atoms with van der Waals surface area (Å²) in [5.41, 5.74) is -0.417. The topological polar surface area (TPSA) is 80.9 Å². The summed E-state index contributed by atoms with van der Waals surface area (Å²) < 4.78 is 0. The van der Waals surface area contributed by atoms with Gasteiger partial charge in [0.25, 0.3) is 0 Å². The molecule has 4 nitrogen and oxygen atoms in total. The van der Waals surface area contributed by atoms with Gasteiger partial charge in [-0.25, -0.2) is 0 Å². The first-order valence-electron chi connectivity index (χ1n) is 5.68. The van der Waals surface area contributed by atoms with Gasteiger partial charge in [-0.05, 0) is 31.6 Å². The van der Waals surface area contributed by atoms with Gasteiger partial charge in [-0.2, -0.15) is 0 Å². The van der Waals surface area contributed by atoms with Gasteiger partial charge in [0.1, 0.15) is 0 Å². The average Bonchev–Trinajstić information content (AvgIpc) is 2.29. The number of hydrogen-bond donors (Lipinski definition) is 4. The van der Waals surface area contributed by atoms with Gasteiger partial charge >= 0.3 is 0 Å². The van der Waals surface area contributed by atoms with Gasteiger partial charge in [-0.1, -0.05) is 6.42 Å². The quantitative estimate of drug-likeness (QED) is 0.519. The minimum Gasteiger partial charge on any atom is -0.396 e. The Hall–Kier alpha value is -0.160. The highest BCUT2D eigenvalue weighted by Gasteiger charge is 2.37. The van der Waals surface area contributed by atoms with E-state index in [9.17, 15) is 15.3 Å². The number of aliphatic hydroxyl groups excluding tert-OH is 4. The SMILES string of the molecule is OCCC(O)C1CCCC(CO)(CO)C1. The van der Waals surface area contributed by atoms with Crippen LogP contribution in [0.2, 0.25) is 0 Å². The van der Waals surface area contributed by atoms with Crippen LogP contribution in [0.15, 0.2) is 0 Å². The summed E-state index contributed by atoms with van der Waals surface area (Å²) in [5, 5.41) is 37.1. The van der Waals surface area contributed by atoms with Crippen LogP contribution in [0, 0.1) is 11.3 Å². The third kappa shape index (κ3) is 3.14. The molecule has 1 rings (SSSR count). The van der Waals surface area contributed by atoms with E-state index in [4.69, 9.17) is 5.11 Å². The molecule has 0 aromatic heterocycles. The van der Waals surface area contributed by atoms with Crippen molar-refractivity contribution in [3.05, 3.63) is 0 Å². The van der Waals surface area contributed by atoms with Crippen molar-refractivity contribution in [1.29, 1.82) is 0 Å². The Morgan fingerprint density at radius 1 is 1.20 bits per heavy atom. The predicted molar refractivity (Wildman–Crippen MR) is 56.3 cm³/mol. The Kier molecular flexibility index (Phi) is 4.99. The van der Waals surface area contributed by atoms with Crippen LogP contribution < -0.4 is 0 Å². The molecule has 0 spiro atoms. The van der Waals surface area contributed by atoms with E-state index < -0.39 is 11.5 Å². The maximum absolute atomic E-state index is 9.77. The van der Waals surface area contributed by atoms with E-state index in [0.29, 0.717) is 12.8 Å². The molecular formula is C11H22O4. The first kappa shape index (κ1) is 12.9. The summed E-state index contributed by atoms with van der Waals surface area (Å²) in [6, 6.07) is 0. The number of rotatable bonds is 5. The highest BCUT2D eigenvalue weighted by molar-refractivity contribution is 4.88. The van der Waals surface area contributed by atoms with Crippen LogP contribution in [-0.2, 0) is 0 Å². The number of hydrogen-bond acceptors (Lipinski definition) is 4. The lowest BCUT2D eigenvalue weighted by molar-refractivity contribution is -0.0320. The monoisotopic (exact) mass is 218 g/mol. The van der Waals surface area contributed by atoms with E-state index in [0.717, 1.165) is 19.3 Å². The zero-order valence-electron chi connectivity index (χ0n) is 9.10. The second kappa shape index (κ2) is 5.80. The van der Waals surface area contributed by atoms with Crippen molar-refractivity contribution in [2.75, 3.05) is 19.8 Å². The second-order valence-electron chi connectivity index (χ2n) is 4.75. The Morgan fingerprint density at radius 3 is 2.40 bits per heavy atom. The van der Waals surface area contributed by atoms with Gasteiger partial charge in [0.2, 0.25) is 0 Å². The van der Waals surface area contributed by atoms with E-state index in [1.54, 1.807) is 0 Å². The fourth-order valence-electron chi connectivity index (χ4n) is 2.53. The highest BCUT2D eigenvalue weighted by atomic mass is 16.3. The van der Waals surface area contributed by atoms with E-state index in [2.05, 4.69) is 0 Å². The van der Waals surface area contributed by atoms with Gasteiger partial charge in [-0.15, -0.1) is 0 Å². The van der Waals surface area contributed by atoms with Gasteiger partial charge in [-0.3, -0.25) is 0 Å². The molecule has 1 aliphatic carbocycles. The van der Waals surface area contributed by atoms with Gasteiger partial charge in [0, 0.05) is 12.0 Å². The van der Waals surface area contributed by atoms with Crippen LogP contribution in [0.4, 0.5) is 0 Å². The van der Waals surface area contributed by atoms with Crippen molar-refractivity contribution < 1.29 is 20.4 Å². The largest absolute Gasteiger partial charge is 0.396 e. The fourth-order valence-corrected chi connectivity index (χ4v) is 2.53. The van der Waals surface area contributed by atoms with Crippen molar-refractivity contribution in [2.45, 2.75) is 38.2 Å². The highest BCUT2D eigenvalue weighted by Crippen LogP contribution is 2.40. The Balaban J connectivity index is 2.54. The molecule has 0 aromatic carbocycles. The molecule has 2 atom stereocenters. The fraction of sp³-hybridized carbons (Fsp3) is 1.00. The van der Waals surface area contributed by atoms with Gasteiger partial charge < -0.3 is 20.4 Å². The average molecular weight is 218 g/mol. The summed E-state index contributed by atoms with van der Waals surface area (Å²) in [5.74, 6) is 0.102.